The number of sulfone groups is 4. The zero-order valence-electron chi connectivity index (χ0n) is 18.6. The molecule has 25 heteroatoms. The second-order valence-electron chi connectivity index (χ2n) is 7.66. The van der Waals surface area contributed by atoms with Crippen molar-refractivity contribution in [2.24, 2.45) is 0 Å². The Morgan fingerprint density at radius 3 is 0.925 bits per heavy atom. The highest BCUT2D eigenvalue weighted by Crippen LogP contribution is 2.42. The molecule has 0 heterocycles. The van der Waals surface area contributed by atoms with Crippen LogP contribution in [0.1, 0.15) is 16.7 Å². The minimum atomic E-state index is -7.34. The van der Waals surface area contributed by atoms with E-state index in [1.54, 1.807) is 0 Å². The summed E-state index contributed by atoms with van der Waals surface area (Å²) in [5.74, 6) is -2.00. The number of hydrogen-bond acceptors (Lipinski definition) is 9. The van der Waals surface area contributed by atoms with E-state index in [4.69, 9.17) is 0 Å². The summed E-state index contributed by atoms with van der Waals surface area (Å²) in [5, 5.41) is 10.2. The van der Waals surface area contributed by atoms with Crippen LogP contribution in [-0.2, 0) is 52.2 Å². The molecule has 9 nitrogen and oxygen atoms in total. The van der Waals surface area contributed by atoms with Gasteiger partial charge in [-0.25, -0.2) is 33.7 Å². The number of halogens is 12. The molecule has 0 aliphatic rings. The molecule has 0 saturated heterocycles. The van der Waals surface area contributed by atoms with Gasteiger partial charge in [-0.1, -0.05) is 17.7 Å². The lowest BCUT2D eigenvalue weighted by atomic mass is 10.0. The monoisotopic (exact) mass is 692 g/mol. The highest BCUT2D eigenvalue weighted by atomic mass is 32.3. The molecule has 1 N–H and O–H groups in total. The van der Waals surface area contributed by atoms with E-state index >= 15 is 0 Å². The lowest BCUT2D eigenvalue weighted by Crippen LogP contribution is -2.46. The number of aromatic hydroxyl groups is 1. The number of benzene rings is 1. The number of phenols is 1. The van der Waals surface area contributed by atoms with E-state index in [0.717, 1.165) is 6.92 Å². The number of phenolic OH excluding ortho intramolecular Hbond substituents is 1. The van der Waals surface area contributed by atoms with Crippen molar-refractivity contribution in [3.63, 3.8) is 0 Å². The molecule has 0 bridgehead atoms. The smallest absolute Gasteiger partial charge is 0.498 e. The first-order chi connectivity index (χ1) is 17.2. The fraction of sp³-hybridized carbons (Fsp3) is 0.600. The van der Waals surface area contributed by atoms with Gasteiger partial charge in [-0.3, -0.25) is 0 Å². The third-order valence-electron chi connectivity index (χ3n) is 4.86. The summed E-state index contributed by atoms with van der Waals surface area (Å²) >= 11 is 0. The normalized spacial score (nSPS) is 15.2. The van der Waals surface area contributed by atoms with Crippen LogP contribution in [0, 0.1) is 6.92 Å². The zero-order chi connectivity index (χ0) is 32.3. The van der Waals surface area contributed by atoms with Crippen molar-refractivity contribution in [2.75, 3.05) is 0 Å². The molecule has 0 aliphatic heterocycles. The van der Waals surface area contributed by atoms with Crippen LogP contribution in [0.2, 0.25) is 0 Å². The summed E-state index contributed by atoms with van der Waals surface area (Å²) in [6.45, 7) is 0.726. The number of hydrogen-bond donors (Lipinski definition) is 1. The van der Waals surface area contributed by atoms with E-state index in [0.29, 0.717) is 0 Å². The standard InChI is InChI=1S/C15H12F12O9S4/c1-6-2-7(4-9(37(29,30)12(16,17)18)38(31,32)13(19,20)21)11(28)8(3-6)5-10(39(33,34)14(22,23)24)40(35,36)15(25,26)27/h2-3,9-10,28H,4-5H2,1H3. The predicted octanol–water partition coefficient (Wildman–Crippen LogP) is 3.18. The third-order valence-corrected chi connectivity index (χ3v) is 13.9. The minimum absolute atomic E-state index is 0.259. The summed E-state index contributed by atoms with van der Waals surface area (Å²) in [4.78, 5) is 0. The van der Waals surface area contributed by atoms with Gasteiger partial charge in [0.15, 0.2) is 9.16 Å². The molecular weight excluding hydrogens is 680 g/mol. The minimum Gasteiger partial charge on any atom is -0.507 e. The van der Waals surface area contributed by atoms with Crippen molar-refractivity contribution in [1.82, 2.24) is 0 Å². The molecule has 0 aliphatic carbocycles. The van der Waals surface area contributed by atoms with Crippen molar-refractivity contribution in [3.05, 3.63) is 28.8 Å². The van der Waals surface area contributed by atoms with Crippen LogP contribution in [0.5, 0.6) is 5.75 Å². The summed E-state index contributed by atoms with van der Waals surface area (Å²) in [7, 11) is -29.3. The fourth-order valence-electron chi connectivity index (χ4n) is 2.97. The van der Waals surface area contributed by atoms with Gasteiger partial charge in [-0.05, 0) is 18.1 Å². The van der Waals surface area contributed by atoms with Crippen molar-refractivity contribution in [2.45, 2.75) is 51.0 Å². The van der Waals surface area contributed by atoms with Crippen LogP contribution in [0.4, 0.5) is 52.7 Å². The maximum atomic E-state index is 13.0. The van der Waals surface area contributed by atoms with Gasteiger partial charge in [0.1, 0.15) is 5.75 Å². The predicted molar refractivity (Wildman–Crippen MR) is 108 cm³/mol. The van der Waals surface area contributed by atoms with Gasteiger partial charge in [0.05, 0.1) is 0 Å². The van der Waals surface area contributed by atoms with Crippen LogP contribution in [-0.4, -0.2) is 70.0 Å². The maximum absolute atomic E-state index is 13.0. The van der Waals surface area contributed by atoms with Crippen LogP contribution in [0.25, 0.3) is 0 Å². The molecular formula is C15H12F12O9S4. The summed E-state index contributed by atoms with van der Waals surface area (Å²) < 4.78 is 240. The van der Waals surface area contributed by atoms with E-state index in [2.05, 4.69) is 0 Å². The Morgan fingerprint density at radius 2 is 0.750 bits per heavy atom. The average molecular weight is 692 g/mol. The molecule has 0 atom stereocenters. The van der Waals surface area contributed by atoms with Gasteiger partial charge < -0.3 is 5.11 Å². The lowest BCUT2D eigenvalue weighted by molar-refractivity contribution is -0.0483. The van der Waals surface area contributed by atoms with E-state index < -0.39 is 106 Å². The Bertz CT molecular complexity index is 1360. The van der Waals surface area contributed by atoms with E-state index in [9.17, 15) is 91.5 Å². The van der Waals surface area contributed by atoms with Crippen molar-refractivity contribution < 1.29 is 91.5 Å². The van der Waals surface area contributed by atoms with Crippen LogP contribution in [0.15, 0.2) is 12.1 Å². The zero-order valence-corrected chi connectivity index (χ0v) is 21.9. The second kappa shape index (κ2) is 10.4. The summed E-state index contributed by atoms with van der Waals surface area (Å²) in [6, 6.07) is 0.518. The molecule has 0 fully saturated rings. The van der Waals surface area contributed by atoms with Crippen molar-refractivity contribution in [3.8, 4) is 5.75 Å². The molecule has 40 heavy (non-hydrogen) atoms. The van der Waals surface area contributed by atoms with Gasteiger partial charge in [0.2, 0.25) is 0 Å². The number of rotatable bonds is 8. The van der Waals surface area contributed by atoms with Crippen LogP contribution >= 0.6 is 0 Å². The molecule has 0 unspecified atom stereocenters. The Kier molecular flexibility index (Phi) is 9.32. The average Bonchev–Trinajstić information content (AvgIpc) is 2.68. The van der Waals surface area contributed by atoms with E-state index in [-0.39, 0.29) is 12.1 Å². The molecule has 1 aromatic carbocycles. The number of alkyl halides is 12. The molecule has 0 saturated carbocycles. The second-order valence-corrected chi connectivity index (χ2v) is 16.7. The van der Waals surface area contributed by atoms with Crippen molar-refractivity contribution in [1.29, 1.82) is 0 Å². The Hall–Kier alpha value is -2.02. The molecule has 0 aromatic heterocycles. The Morgan fingerprint density at radius 1 is 0.550 bits per heavy atom. The van der Waals surface area contributed by atoms with Gasteiger partial charge in [-0.2, -0.15) is 52.7 Å². The number of aryl methyl sites for hydroxylation is 1. The molecule has 1 aromatic rings. The summed E-state index contributed by atoms with van der Waals surface area (Å²) in [6.07, 6.45) is -4.96. The highest BCUT2D eigenvalue weighted by Gasteiger charge is 2.64. The molecule has 0 radical (unpaired) electrons. The van der Waals surface area contributed by atoms with Gasteiger partial charge >= 0.3 is 22.0 Å². The molecule has 0 spiro atoms. The quantitative estimate of drug-likeness (QED) is 0.405. The van der Waals surface area contributed by atoms with Gasteiger partial charge in [-0.15, -0.1) is 0 Å². The van der Waals surface area contributed by atoms with Crippen LogP contribution < -0.4 is 0 Å². The first-order valence-electron chi connectivity index (χ1n) is 9.26. The highest BCUT2D eigenvalue weighted by molar-refractivity contribution is 8.10. The van der Waals surface area contributed by atoms with E-state index in [1.165, 1.54) is 0 Å². The molecule has 234 valence electrons. The Balaban J connectivity index is 4.00. The van der Waals surface area contributed by atoms with E-state index in [1.807, 2.05) is 0 Å². The molecule has 1 rings (SSSR count). The SMILES string of the molecule is Cc1cc(CC(S(=O)(=O)C(F)(F)F)S(=O)(=O)C(F)(F)F)c(O)c(CC(S(=O)(=O)C(F)(F)F)S(=O)(=O)C(F)(F)F)c1. The Labute approximate surface area is 216 Å². The topological polar surface area (TPSA) is 157 Å². The lowest BCUT2D eigenvalue weighted by Gasteiger charge is -2.23. The largest absolute Gasteiger partial charge is 0.507 e. The maximum Gasteiger partial charge on any atom is 0.498 e. The fourth-order valence-corrected chi connectivity index (χ4v) is 9.74. The van der Waals surface area contributed by atoms with Crippen molar-refractivity contribution >= 4 is 39.3 Å². The van der Waals surface area contributed by atoms with Gasteiger partial charge in [0.25, 0.3) is 39.3 Å². The third kappa shape index (κ3) is 6.55. The summed E-state index contributed by atoms with van der Waals surface area (Å²) in [5.41, 5.74) is -30.6. The first kappa shape index (κ1) is 36.0. The molecule has 0 amide bonds. The van der Waals surface area contributed by atoms with Gasteiger partial charge in [0, 0.05) is 12.8 Å². The van der Waals surface area contributed by atoms with Crippen LogP contribution in [0.3, 0.4) is 0 Å². The first-order valence-corrected chi connectivity index (χ1v) is 15.4.